The van der Waals surface area contributed by atoms with Gasteiger partial charge in [0.25, 0.3) is 0 Å². The monoisotopic (exact) mass is 264 g/mol. The minimum atomic E-state index is 0.586. The fraction of sp³-hybridized carbons (Fsp3) is 0.500. The number of thioether (sulfide) groups is 1. The molecule has 98 valence electrons. The van der Waals surface area contributed by atoms with E-state index in [0.717, 1.165) is 23.6 Å². The Kier molecular flexibility index (Phi) is 4.66. The van der Waals surface area contributed by atoms with Gasteiger partial charge in [-0.05, 0) is 18.6 Å². The third kappa shape index (κ3) is 2.87. The number of nitrogens with zero attached hydrogens (tertiary/aromatic N) is 2. The number of imidazole rings is 1. The van der Waals surface area contributed by atoms with Gasteiger partial charge in [-0.3, -0.25) is 0 Å². The van der Waals surface area contributed by atoms with E-state index in [1.165, 1.54) is 5.52 Å². The van der Waals surface area contributed by atoms with E-state index >= 15 is 0 Å². The topological polar surface area (TPSA) is 27.1 Å². The van der Waals surface area contributed by atoms with Crippen LogP contribution in [-0.4, -0.2) is 28.5 Å². The lowest BCUT2D eigenvalue weighted by Crippen LogP contribution is -2.07. The summed E-state index contributed by atoms with van der Waals surface area (Å²) >= 11 is 1.84. The maximum Gasteiger partial charge on any atom is 0.169 e. The van der Waals surface area contributed by atoms with Gasteiger partial charge in [0.05, 0.1) is 17.6 Å². The van der Waals surface area contributed by atoms with E-state index in [1.54, 1.807) is 7.11 Å². The molecule has 0 aliphatic rings. The van der Waals surface area contributed by atoms with E-state index in [-0.39, 0.29) is 0 Å². The molecule has 0 radical (unpaired) electrons. The third-order valence-corrected chi connectivity index (χ3v) is 4.28. The molecule has 4 heteroatoms. The van der Waals surface area contributed by atoms with Gasteiger partial charge in [-0.15, -0.1) is 0 Å². The molecule has 0 aliphatic carbocycles. The van der Waals surface area contributed by atoms with Crippen molar-refractivity contribution in [1.29, 1.82) is 0 Å². The van der Waals surface area contributed by atoms with Crippen LogP contribution in [0, 0.1) is 0 Å². The van der Waals surface area contributed by atoms with Crippen LogP contribution in [0.15, 0.2) is 29.4 Å². The van der Waals surface area contributed by atoms with Crippen LogP contribution < -0.4 is 0 Å². The average Bonchev–Trinajstić information content (AvgIpc) is 2.73. The highest BCUT2D eigenvalue weighted by Gasteiger charge is 2.12. The molecule has 0 N–H and O–H groups in total. The molecule has 1 unspecified atom stereocenters. The number of methoxy groups -OCH3 is 1. The van der Waals surface area contributed by atoms with Crippen LogP contribution in [0.3, 0.4) is 0 Å². The van der Waals surface area contributed by atoms with Crippen LogP contribution in [0.25, 0.3) is 11.0 Å². The zero-order valence-corrected chi connectivity index (χ0v) is 12.0. The Labute approximate surface area is 113 Å². The molecule has 1 heterocycles. The molecule has 18 heavy (non-hydrogen) atoms. The fourth-order valence-electron chi connectivity index (χ4n) is 1.81. The lowest BCUT2D eigenvalue weighted by Gasteiger charge is -2.11. The van der Waals surface area contributed by atoms with Crippen molar-refractivity contribution in [3.8, 4) is 0 Å². The second-order valence-electron chi connectivity index (χ2n) is 4.36. The summed E-state index contributed by atoms with van der Waals surface area (Å²) in [5.41, 5.74) is 2.26. The van der Waals surface area contributed by atoms with Crippen molar-refractivity contribution in [2.75, 3.05) is 13.7 Å². The van der Waals surface area contributed by atoms with Gasteiger partial charge >= 0.3 is 0 Å². The molecular weight excluding hydrogens is 244 g/mol. The largest absolute Gasteiger partial charge is 0.383 e. The Morgan fingerprint density at radius 1 is 1.39 bits per heavy atom. The smallest absolute Gasteiger partial charge is 0.169 e. The second-order valence-corrected chi connectivity index (χ2v) is 5.77. The van der Waals surface area contributed by atoms with Gasteiger partial charge in [0.15, 0.2) is 5.16 Å². The normalized spacial score (nSPS) is 13.1. The summed E-state index contributed by atoms with van der Waals surface area (Å²) in [7, 11) is 1.74. The first-order valence-corrected chi connectivity index (χ1v) is 7.25. The molecule has 0 amide bonds. The van der Waals surface area contributed by atoms with Crippen molar-refractivity contribution >= 4 is 22.8 Å². The molecule has 1 aromatic heterocycles. The number of aromatic nitrogens is 2. The van der Waals surface area contributed by atoms with Gasteiger partial charge in [-0.2, -0.15) is 0 Å². The molecule has 0 fully saturated rings. The molecule has 1 aromatic carbocycles. The Balaban J connectivity index is 2.36. The molecule has 1 atom stereocenters. The number of ether oxygens (including phenoxy) is 1. The zero-order chi connectivity index (χ0) is 13.0. The summed E-state index contributed by atoms with van der Waals surface area (Å²) in [6, 6.07) is 8.29. The maximum atomic E-state index is 5.19. The lowest BCUT2D eigenvalue weighted by atomic mass is 10.3. The predicted molar refractivity (Wildman–Crippen MR) is 77.2 cm³/mol. The molecule has 0 saturated heterocycles. The van der Waals surface area contributed by atoms with Crippen molar-refractivity contribution in [2.45, 2.75) is 37.2 Å². The lowest BCUT2D eigenvalue weighted by molar-refractivity contribution is 0.186. The second kappa shape index (κ2) is 6.25. The van der Waals surface area contributed by atoms with Crippen LogP contribution in [0.2, 0.25) is 0 Å². The van der Waals surface area contributed by atoms with E-state index in [1.807, 2.05) is 17.8 Å². The van der Waals surface area contributed by atoms with Gasteiger partial charge in [-0.25, -0.2) is 4.98 Å². The van der Waals surface area contributed by atoms with Crippen molar-refractivity contribution < 1.29 is 4.74 Å². The van der Waals surface area contributed by atoms with Crippen molar-refractivity contribution in [3.05, 3.63) is 24.3 Å². The highest BCUT2D eigenvalue weighted by atomic mass is 32.2. The van der Waals surface area contributed by atoms with Gasteiger partial charge in [0, 0.05) is 18.9 Å². The highest BCUT2D eigenvalue weighted by molar-refractivity contribution is 7.99. The van der Waals surface area contributed by atoms with Crippen molar-refractivity contribution in [3.63, 3.8) is 0 Å². The number of hydrogen-bond donors (Lipinski definition) is 0. The van der Waals surface area contributed by atoms with Crippen LogP contribution >= 0.6 is 11.8 Å². The van der Waals surface area contributed by atoms with Gasteiger partial charge in [-0.1, -0.05) is 37.7 Å². The van der Waals surface area contributed by atoms with Crippen LogP contribution in [0.1, 0.15) is 20.3 Å². The number of para-hydroxylation sites is 2. The molecule has 3 nitrogen and oxygen atoms in total. The summed E-state index contributed by atoms with van der Waals surface area (Å²) in [6.45, 7) is 6.02. The quantitative estimate of drug-likeness (QED) is 0.746. The van der Waals surface area contributed by atoms with Gasteiger partial charge < -0.3 is 9.30 Å². The molecule has 0 bridgehead atoms. The maximum absolute atomic E-state index is 5.19. The summed E-state index contributed by atoms with van der Waals surface area (Å²) in [4.78, 5) is 4.72. The Morgan fingerprint density at radius 2 is 2.17 bits per heavy atom. The first kappa shape index (κ1) is 13.4. The minimum Gasteiger partial charge on any atom is -0.383 e. The van der Waals surface area contributed by atoms with Crippen molar-refractivity contribution in [1.82, 2.24) is 9.55 Å². The Morgan fingerprint density at radius 3 is 2.89 bits per heavy atom. The molecule has 2 aromatic rings. The van der Waals surface area contributed by atoms with E-state index in [0.29, 0.717) is 11.9 Å². The predicted octanol–water partition coefficient (Wildman–Crippen LogP) is 3.57. The third-order valence-electron chi connectivity index (χ3n) is 3.02. The molecule has 0 spiro atoms. The SMILES string of the molecule is CCC(C)Sc1nc2ccccc2n1CCOC. The van der Waals surface area contributed by atoms with Crippen LogP contribution in [0.5, 0.6) is 0 Å². The molecular formula is C14H20N2OS. The highest BCUT2D eigenvalue weighted by Crippen LogP contribution is 2.28. The number of hydrogen-bond acceptors (Lipinski definition) is 3. The van der Waals surface area contributed by atoms with Gasteiger partial charge in [0.2, 0.25) is 0 Å². The van der Waals surface area contributed by atoms with Crippen LogP contribution in [-0.2, 0) is 11.3 Å². The Bertz CT molecular complexity index is 509. The van der Waals surface area contributed by atoms with Crippen LogP contribution in [0.4, 0.5) is 0 Å². The molecule has 0 aliphatic heterocycles. The van der Waals surface area contributed by atoms with E-state index in [9.17, 15) is 0 Å². The fourth-order valence-corrected chi connectivity index (χ4v) is 2.80. The number of benzene rings is 1. The molecule has 0 saturated carbocycles. The average molecular weight is 264 g/mol. The summed E-state index contributed by atoms with van der Waals surface area (Å²) in [6.07, 6.45) is 1.15. The first-order chi connectivity index (χ1) is 8.76. The number of rotatable bonds is 6. The van der Waals surface area contributed by atoms with E-state index in [2.05, 4.69) is 36.6 Å². The number of fused-ring (bicyclic) bond motifs is 1. The van der Waals surface area contributed by atoms with E-state index < -0.39 is 0 Å². The summed E-state index contributed by atoms with van der Waals surface area (Å²) < 4.78 is 7.45. The summed E-state index contributed by atoms with van der Waals surface area (Å²) in [5.74, 6) is 0. The molecule has 2 rings (SSSR count). The van der Waals surface area contributed by atoms with Gasteiger partial charge in [0.1, 0.15) is 0 Å². The standard InChI is InChI=1S/C14H20N2OS/c1-4-11(2)18-14-15-12-7-5-6-8-13(12)16(14)9-10-17-3/h5-8,11H,4,9-10H2,1-3H3. The Hall–Kier alpha value is -1.00. The first-order valence-electron chi connectivity index (χ1n) is 6.37. The zero-order valence-electron chi connectivity index (χ0n) is 11.2. The van der Waals surface area contributed by atoms with Crippen molar-refractivity contribution in [2.24, 2.45) is 0 Å². The van der Waals surface area contributed by atoms with E-state index in [4.69, 9.17) is 9.72 Å². The minimum absolute atomic E-state index is 0.586. The summed E-state index contributed by atoms with van der Waals surface area (Å²) in [5, 5.41) is 1.69.